The van der Waals surface area contributed by atoms with Gasteiger partial charge in [0.25, 0.3) is 11.8 Å². The molecule has 0 radical (unpaired) electrons. The van der Waals surface area contributed by atoms with Crippen LogP contribution in [-0.4, -0.2) is 44.7 Å². The summed E-state index contributed by atoms with van der Waals surface area (Å²) >= 11 is 0. The minimum absolute atomic E-state index is 0.146. The zero-order chi connectivity index (χ0) is 23.4. The lowest BCUT2D eigenvalue weighted by atomic mass is 10.0. The molecule has 0 spiro atoms. The van der Waals surface area contributed by atoms with Crippen molar-refractivity contribution >= 4 is 35.3 Å². The molecule has 33 heavy (non-hydrogen) atoms. The van der Waals surface area contributed by atoms with Crippen LogP contribution < -0.4 is 24.6 Å². The van der Waals surface area contributed by atoms with Crippen molar-refractivity contribution in [1.29, 1.82) is 0 Å². The van der Waals surface area contributed by atoms with Crippen molar-refractivity contribution in [3.63, 3.8) is 0 Å². The molecule has 2 heterocycles. The third kappa shape index (κ3) is 4.69. The van der Waals surface area contributed by atoms with Crippen LogP contribution in [0.15, 0.2) is 48.0 Å². The predicted molar refractivity (Wildman–Crippen MR) is 126 cm³/mol. The third-order valence-electron chi connectivity index (χ3n) is 5.75. The van der Waals surface area contributed by atoms with E-state index in [2.05, 4.69) is 10.2 Å². The quantitative estimate of drug-likeness (QED) is 0.534. The first-order valence-electron chi connectivity index (χ1n) is 11.1. The Morgan fingerprint density at radius 2 is 1.67 bits per heavy atom. The van der Waals surface area contributed by atoms with E-state index >= 15 is 0 Å². The number of hydrogen-bond acceptors (Lipinski definition) is 6. The number of nitrogens with zero attached hydrogens (tertiary/aromatic N) is 2. The van der Waals surface area contributed by atoms with Gasteiger partial charge in [0, 0.05) is 30.4 Å². The summed E-state index contributed by atoms with van der Waals surface area (Å²) < 4.78 is 11.0. The molecule has 8 nitrogen and oxygen atoms in total. The Morgan fingerprint density at radius 1 is 0.970 bits per heavy atom. The van der Waals surface area contributed by atoms with Gasteiger partial charge in [0.05, 0.1) is 19.4 Å². The molecule has 0 bridgehead atoms. The number of methoxy groups -OCH3 is 1. The summed E-state index contributed by atoms with van der Waals surface area (Å²) in [5.41, 5.74) is 1.82. The molecule has 4 amide bonds. The first-order valence-corrected chi connectivity index (χ1v) is 11.1. The van der Waals surface area contributed by atoms with E-state index in [0.29, 0.717) is 29.4 Å². The number of piperidine rings is 1. The highest BCUT2D eigenvalue weighted by Gasteiger charge is 2.37. The Balaban J connectivity index is 1.64. The van der Waals surface area contributed by atoms with Crippen molar-refractivity contribution in [3.8, 4) is 11.5 Å². The van der Waals surface area contributed by atoms with E-state index in [1.165, 1.54) is 12.5 Å². The van der Waals surface area contributed by atoms with Gasteiger partial charge < -0.3 is 14.4 Å². The lowest BCUT2D eigenvalue weighted by Gasteiger charge is -2.29. The number of urea groups is 1. The van der Waals surface area contributed by atoms with Crippen molar-refractivity contribution in [3.05, 3.63) is 53.6 Å². The molecule has 1 N–H and O–H groups in total. The number of carbonyl (C=O) groups excluding carboxylic acids is 3. The first kappa shape index (κ1) is 22.4. The fourth-order valence-corrected chi connectivity index (χ4v) is 4.07. The van der Waals surface area contributed by atoms with E-state index in [1.807, 2.05) is 25.1 Å². The van der Waals surface area contributed by atoms with Gasteiger partial charge in [-0.25, -0.2) is 9.69 Å². The van der Waals surface area contributed by atoms with E-state index in [9.17, 15) is 14.4 Å². The van der Waals surface area contributed by atoms with Gasteiger partial charge in [-0.2, -0.15) is 0 Å². The van der Waals surface area contributed by atoms with Crippen molar-refractivity contribution in [2.45, 2.75) is 26.2 Å². The normalized spacial score (nSPS) is 17.9. The van der Waals surface area contributed by atoms with Crippen molar-refractivity contribution in [1.82, 2.24) is 5.32 Å². The molecule has 2 aliphatic heterocycles. The van der Waals surface area contributed by atoms with Crippen molar-refractivity contribution < 1.29 is 23.9 Å². The molecule has 0 saturated carbocycles. The average molecular weight is 450 g/mol. The summed E-state index contributed by atoms with van der Waals surface area (Å²) in [6.07, 6.45) is 5.00. The van der Waals surface area contributed by atoms with Crippen LogP contribution in [0.1, 0.15) is 31.7 Å². The van der Waals surface area contributed by atoms with Gasteiger partial charge in [0.2, 0.25) is 0 Å². The molecule has 0 aliphatic carbocycles. The Morgan fingerprint density at radius 3 is 2.33 bits per heavy atom. The van der Waals surface area contributed by atoms with Crippen molar-refractivity contribution in [2.24, 2.45) is 0 Å². The minimum Gasteiger partial charge on any atom is -0.496 e. The summed E-state index contributed by atoms with van der Waals surface area (Å²) in [7, 11) is 1.55. The second-order valence-electron chi connectivity index (χ2n) is 7.86. The lowest BCUT2D eigenvalue weighted by molar-refractivity contribution is -0.122. The number of carbonyl (C=O) groups is 3. The number of imide groups is 2. The average Bonchev–Trinajstić information content (AvgIpc) is 2.83. The van der Waals surface area contributed by atoms with Gasteiger partial charge in [-0.05, 0) is 68.7 Å². The topological polar surface area (TPSA) is 88.2 Å². The van der Waals surface area contributed by atoms with Crippen LogP contribution in [0.2, 0.25) is 0 Å². The summed E-state index contributed by atoms with van der Waals surface area (Å²) in [6, 6.07) is 11.4. The number of ether oxygens (including phenoxy) is 2. The number of amides is 4. The molecule has 0 aromatic heterocycles. The zero-order valence-electron chi connectivity index (χ0n) is 18.8. The molecular weight excluding hydrogens is 422 g/mol. The smallest absolute Gasteiger partial charge is 0.335 e. The molecule has 8 heteroatoms. The van der Waals surface area contributed by atoms with Crippen LogP contribution in [0.4, 0.5) is 16.2 Å². The van der Waals surface area contributed by atoms with Crippen LogP contribution in [0.5, 0.6) is 11.5 Å². The third-order valence-corrected chi connectivity index (χ3v) is 5.75. The summed E-state index contributed by atoms with van der Waals surface area (Å²) in [5.74, 6) is -0.267. The molecular formula is C25H27N3O5. The van der Waals surface area contributed by atoms with E-state index in [4.69, 9.17) is 9.47 Å². The summed E-state index contributed by atoms with van der Waals surface area (Å²) in [5, 5.41) is 2.25. The first-order chi connectivity index (χ1) is 16.0. The Kier molecular flexibility index (Phi) is 6.63. The zero-order valence-corrected chi connectivity index (χ0v) is 18.8. The lowest BCUT2D eigenvalue weighted by Crippen LogP contribution is -2.54. The van der Waals surface area contributed by atoms with Crippen LogP contribution >= 0.6 is 0 Å². The van der Waals surface area contributed by atoms with Crippen molar-refractivity contribution in [2.75, 3.05) is 36.6 Å². The highest BCUT2D eigenvalue weighted by atomic mass is 16.5. The van der Waals surface area contributed by atoms with E-state index in [0.717, 1.165) is 36.5 Å². The molecule has 2 fully saturated rings. The molecule has 4 rings (SSSR count). The Labute approximate surface area is 192 Å². The van der Waals surface area contributed by atoms with Gasteiger partial charge in [-0.3, -0.25) is 14.9 Å². The number of nitrogens with one attached hydrogen (secondary N) is 1. The predicted octanol–water partition coefficient (Wildman–Crippen LogP) is 3.75. The van der Waals surface area contributed by atoms with Crippen LogP contribution in [0, 0.1) is 0 Å². The molecule has 172 valence electrons. The fourth-order valence-electron chi connectivity index (χ4n) is 4.07. The van der Waals surface area contributed by atoms with Gasteiger partial charge in [0.1, 0.15) is 17.1 Å². The molecule has 2 aliphatic rings. The van der Waals surface area contributed by atoms with Gasteiger partial charge >= 0.3 is 6.03 Å². The molecule has 2 aromatic carbocycles. The Hall–Kier alpha value is -3.81. The molecule has 2 saturated heterocycles. The van der Waals surface area contributed by atoms with Gasteiger partial charge in [-0.1, -0.05) is 0 Å². The number of benzene rings is 2. The monoisotopic (exact) mass is 449 g/mol. The maximum absolute atomic E-state index is 13.2. The maximum Gasteiger partial charge on any atom is 0.335 e. The highest BCUT2D eigenvalue weighted by molar-refractivity contribution is 6.39. The minimum atomic E-state index is -0.793. The summed E-state index contributed by atoms with van der Waals surface area (Å²) in [6.45, 7) is 4.35. The van der Waals surface area contributed by atoms with E-state index in [1.54, 1.807) is 31.4 Å². The van der Waals surface area contributed by atoms with E-state index < -0.39 is 17.8 Å². The highest BCUT2D eigenvalue weighted by Crippen LogP contribution is 2.31. The maximum atomic E-state index is 13.2. The molecule has 0 unspecified atom stereocenters. The van der Waals surface area contributed by atoms with E-state index in [-0.39, 0.29) is 5.57 Å². The second-order valence-corrected chi connectivity index (χ2v) is 7.86. The number of anilines is 2. The van der Waals surface area contributed by atoms with Crippen LogP contribution in [-0.2, 0) is 9.59 Å². The largest absolute Gasteiger partial charge is 0.496 e. The number of barbiturate groups is 1. The standard InChI is InChI=1S/C25H27N3O5/c1-3-33-20-11-9-18(10-12-20)28-24(30)21(23(29)26-25(28)31)15-17-7-8-19(16-22(17)32-2)27-13-5-4-6-14-27/h7-12,15-16H,3-6,13-14H2,1-2H3,(H,26,29,31)/b21-15+. The Bertz CT molecular complexity index is 1090. The van der Waals surface area contributed by atoms with Gasteiger partial charge in [0.15, 0.2) is 0 Å². The fraction of sp³-hybridized carbons (Fsp3) is 0.320. The van der Waals surface area contributed by atoms with Gasteiger partial charge in [-0.15, -0.1) is 0 Å². The summed E-state index contributed by atoms with van der Waals surface area (Å²) in [4.78, 5) is 41.4. The van der Waals surface area contributed by atoms with Crippen LogP contribution in [0.25, 0.3) is 6.08 Å². The number of rotatable bonds is 6. The number of hydrogen-bond donors (Lipinski definition) is 1. The molecule has 2 aromatic rings. The van der Waals surface area contributed by atoms with Crippen LogP contribution in [0.3, 0.4) is 0 Å². The second kappa shape index (κ2) is 9.77. The molecule has 0 atom stereocenters. The SMILES string of the molecule is CCOc1ccc(N2C(=O)NC(=O)/C(=C\c3ccc(N4CCCCC4)cc3OC)C2=O)cc1.